The van der Waals surface area contributed by atoms with Crippen molar-refractivity contribution in [1.29, 1.82) is 0 Å². The maximum absolute atomic E-state index is 12.1. The molecule has 176 valence electrons. The second-order valence-electron chi connectivity index (χ2n) is 9.96. The van der Waals surface area contributed by atoms with Crippen molar-refractivity contribution in [2.45, 2.75) is 128 Å². The average molecular weight is 433 g/mol. The summed E-state index contributed by atoms with van der Waals surface area (Å²) in [6.45, 7) is 4.10. The van der Waals surface area contributed by atoms with E-state index in [1.54, 1.807) is 0 Å². The summed E-state index contributed by atoms with van der Waals surface area (Å²) in [5, 5.41) is 9.96. The van der Waals surface area contributed by atoms with Gasteiger partial charge >= 0.3 is 0 Å². The molecule has 4 heteroatoms. The highest BCUT2D eigenvalue weighted by atomic mass is 16.7. The summed E-state index contributed by atoms with van der Waals surface area (Å²) in [7, 11) is 0. The molecule has 1 N–H and O–H groups in total. The molecule has 2 heterocycles. The zero-order chi connectivity index (χ0) is 22.1. The standard InChI is InChI=1S/C27H44O4/c1-3-4-5-6-7-8-9-10-11-12-14-23-15-13-16-27(30-23)19-22(20-28)24-18-25(29)21(2)17-26(24)31-27/h17,19,23-24,26,28H,3-16,18,20H2,1-2H3/t23?,24-,26-,27?/m1/s1. The van der Waals surface area contributed by atoms with E-state index in [1.807, 2.05) is 19.1 Å². The van der Waals surface area contributed by atoms with Gasteiger partial charge in [0.1, 0.15) is 0 Å². The van der Waals surface area contributed by atoms with Crippen molar-refractivity contribution >= 4 is 5.78 Å². The largest absolute Gasteiger partial charge is 0.392 e. The molecule has 2 unspecified atom stereocenters. The van der Waals surface area contributed by atoms with Crippen LogP contribution in [0.3, 0.4) is 0 Å². The van der Waals surface area contributed by atoms with Gasteiger partial charge in [-0.25, -0.2) is 0 Å². The van der Waals surface area contributed by atoms with Crippen molar-refractivity contribution in [3.05, 3.63) is 23.3 Å². The summed E-state index contributed by atoms with van der Waals surface area (Å²) in [4.78, 5) is 12.1. The van der Waals surface area contributed by atoms with Crippen molar-refractivity contribution < 1.29 is 19.4 Å². The van der Waals surface area contributed by atoms with Crippen LogP contribution in [-0.4, -0.2) is 35.5 Å². The number of carbonyl (C=O) groups excluding carboxylic acids is 1. The summed E-state index contributed by atoms with van der Waals surface area (Å²) >= 11 is 0. The van der Waals surface area contributed by atoms with Crippen LogP contribution in [0.5, 0.6) is 0 Å². The molecule has 0 bridgehead atoms. The number of hydrogen-bond donors (Lipinski definition) is 1. The highest BCUT2D eigenvalue weighted by Crippen LogP contribution is 2.43. The Kier molecular flexibility index (Phi) is 9.80. The Bertz CT molecular complexity index is 637. The van der Waals surface area contributed by atoms with Crippen molar-refractivity contribution in [2.75, 3.05) is 6.61 Å². The van der Waals surface area contributed by atoms with E-state index in [0.717, 1.165) is 36.8 Å². The summed E-state index contributed by atoms with van der Waals surface area (Å²) < 4.78 is 13.0. The zero-order valence-corrected chi connectivity index (χ0v) is 19.9. The van der Waals surface area contributed by atoms with Gasteiger partial charge in [0.25, 0.3) is 0 Å². The normalized spacial score (nSPS) is 30.8. The minimum Gasteiger partial charge on any atom is -0.392 e. The van der Waals surface area contributed by atoms with Gasteiger partial charge in [0, 0.05) is 18.8 Å². The van der Waals surface area contributed by atoms with E-state index in [9.17, 15) is 9.90 Å². The molecule has 0 amide bonds. The first-order valence-electron chi connectivity index (χ1n) is 13.0. The van der Waals surface area contributed by atoms with Crippen LogP contribution in [0.25, 0.3) is 0 Å². The van der Waals surface area contributed by atoms with Crippen molar-refractivity contribution in [3.63, 3.8) is 0 Å². The lowest BCUT2D eigenvalue weighted by Gasteiger charge is -2.47. The molecule has 2 aliphatic heterocycles. The van der Waals surface area contributed by atoms with Gasteiger partial charge in [-0.1, -0.05) is 71.1 Å². The molecule has 1 spiro atoms. The predicted octanol–water partition coefficient (Wildman–Crippen LogP) is 6.42. The Labute approximate surface area is 189 Å². The third-order valence-corrected chi connectivity index (χ3v) is 7.35. The van der Waals surface area contributed by atoms with Crippen LogP contribution in [0.4, 0.5) is 0 Å². The summed E-state index contributed by atoms with van der Waals surface area (Å²) in [5.41, 5.74) is 1.68. The van der Waals surface area contributed by atoms with E-state index < -0.39 is 5.79 Å². The van der Waals surface area contributed by atoms with Crippen LogP contribution >= 0.6 is 0 Å². The average Bonchev–Trinajstić information content (AvgIpc) is 2.76. The molecular formula is C27H44O4. The summed E-state index contributed by atoms with van der Waals surface area (Å²) in [6, 6.07) is 0. The van der Waals surface area contributed by atoms with Crippen molar-refractivity contribution in [2.24, 2.45) is 5.92 Å². The highest BCUT2D eigenvalue weighted by molar-refractivity contribution is 5.96. The molecule has 3 rings (SSSR count). The first-order chi connectivity index (χ1) is 15.1. The molecule has 0 radical (unpaired) electrons. The van der Waals surface area contributed by atoms with E-state index in [1.165, 1.54) is 64.2 Å². The van der Waals surface area contributed by atoms with Gasteiger partial charge in [0.15, 0.2) is 11.6 Å². The molecule has 1 saturated heterocycles. The Morgan fingerprint density at radius 2 is 1.71 bits per heavy atom. The lowest BCUT2D eigenvalue weighted by Crippen LogP contribution is -2.50. The lowest BCUT2D eigenvalue weighted by molar-refractivity contribution is -0.275. The van der Waals surface area contributed by atoms with Crippen LogP contribution in [0.2, 0.25) is 0 Å². The third kappa shape index (κ3) is 7.00. The second kappa shape index (κ2) is 12.3. The molecule has 0 aromatic heterocycles. The van der Waals surface area contributed by atoms with E-state index in [2.05, 4.69) is 6.92 Å². The molecule has 0 saturated carbocycles. The van der Waals surface area contributed by atoms with Gasteiger partial charge in [-0.3, -0.25) is 4.79 Å². The monoisotopic (exact) mass is 432 g/mol. The number of allylic oxidation sites excluding steroid dienone is 1. The van der Waals surface area contributed by atoms with Crippen molar-refractivity contribution in [1.82, 2.24) is 0 Å². The molecule has 0 aromatic rings. The number of fused-ring (bicyclic) bond motifs is 1. The van der Waals surface area contributed by atoms with E-state index >= 15 is 0 Å². The number of ketones is 1. The van der Waals surface area contributed by atoms with Gasteiger partial charge in [-0.2, -0.15) is 0 Å². The summed E-state index contributed by atoms with van der Waals surface area (Å²) in [6.07, 6.45) is 22.0. The van der Waals surface area contributed by atoms with Crippen LogP contribution < -0.4 is 0 Å². The Morgan fingerprint density at radius 3 is 2.39 bits per heavy atom. The Morgan fingerprint density at radius 1 is 1.03 bits per heavy atom. The third-order valence-electron chi connectivity index (χ3n) is 7.35. The molecule has 1 fully saturated rings. The molecule has 0 aromatic carbocycles. The molecule has 4 nitrogen and oxygen atoms in total. The van der Waals surface area contributed by atoms with Gasteiger partial charge < -0.3 is 14.6 Å². The van der Waals surface area contributed by atoms with E-state index in [0.29, 0.717) is 6.42 Å². The van der Waals surface area contributed by atoms with E-state index in [4.69, 9.17) is 9.47 Å². The van der Waals surface area contributed by atoms with Gasteiger partial charge in [-0.05, 0) is 49.5 Å². The van der Waals surface area contributed by atoms with Crippen molar-refractivity contribution in [3.8, 4) is 0 Å². The predicted molar refractivity (Wildman–Crippen MR) is 125 cm³/mol. The van der Waals surface area contributed by atoms with Crippen LogP contribution in [0.1, 0.15) is 110 Å². The SMILES string of the molecule is CCCCCCCCCCCCC1CCCC2(C=C(CO)[C@H]3CC(=O)C(C)=C[C@H]3O2)O1. The van der Waals surface area contributed by atoms with Crippen LogP contribution in [-0.2, 0) is 14.3 Å². The number of ether oxygens (including phenoxy) is 2. The minimum absolute atomic E-state index is 0.0289. The number of unbranched alkanes of at least 4 members (excludes halogenated alkanes) is 9. The fourth-order valence-corrected chi connectivity index (χ4v) is 5.44. The van der Waals surface area contributed by atoms with Crippen LogP contribution in [0, 0.1) is 5.92 Å². The Balaban J connectivity index is 1.43. The first-order valence-corrected chi connectivity index (χ1v) is 13.0. The molecule has 3 aliphatic rings. The number of hydrogen-bond acceptors (Lipinski definition) is 4. The minimum atomic E-state index is -0.724. The topological polar surface area (TPSA) is 55.8 Å². The quantitative estimate of drug-likeness (QED) is 0.286. The van der Waals surface area contributed by atoms with Crippen LogP contribution in [0.15, 0.2) is 23.3 Å². The number of Topliss-reactive ketones (excluding diaryl/α,β-unsaturated/α-hetero) is 1. The maximum atomic E-state index is 12.1. The van der Waals surface area contributed by atoms with Gasteiger partial charge in [0.2, 0.25) is 0 Å². The fraction of sp³-hybridized carbons (Fsp3) is 0.815. The number of aliphatic hydroxyl groups excluding tert-OH is 1. The van der Waals surface area contributed by atoms with E-state index in [-0.39, 0.29) is 30.5 Å². The molecule has 4 atom stereocenters. The molecule has 31 heavy (non-hydrogen) atoms. The number of carbonyl (C=O) groups is 1. The zero-order valence-electron chi connectivity index (χ0n) is 19.9. The second-order valence-corrected chi connectivity index (χ2v) is 9.96. The molecular weight excluding hydrogens is 388 g/mol. The number of rotatable bonds is 12. The maximum Gasteiger partial charge on any atom is 0.189 e. The first kappa shape index (κ1) is 24.7. The fourth-order valence-electron chi connectivity index (χ4n) is 5.44. The highest BCUT2D eigenvalue weighted by Gasteiger charge is 2.46. The van der Waals surface area contributed by atoms with Gasteiger partial charge in [-0.15, -0.1) is 0 Å². The lowest BCUT2D eigenvalue weighted by atomic mass is 9.78. The smallest absolute Gasteiger partial charge is 0.189 e. The van der Waals surface area contributed by atoms with Gasteiger partial charge in [0.05, 0.1) is 18.8 Å². The molecule has 1 aliphatic carbocycles. The summed E-state index contributed by atoms with van der Waals surface area (Å²) in [5.74, 6) is -0.612. The Hall–Kier alpha value is -0.970. The number of aliphatic hydroxyl groups is 1.